The smallest absolute Gasteiger partial charge is 0.158 e. The van der Waals surface area contributed by atoms with Crippen LogP contribution in [0.15, 0.2) is 40.3 Å². The van der Waals surface area contributed by atoms with E-state index in [4.69, 9.17) is 16.6 Å². The Morgan fingerprint density at radius 1 is 1.27 bits per heavy atom. The SMILES string of the molecule is S=c1[nH]c(-c2coc3ccccc23)cs1. The van der Waals surface area contributed by atoms with Gasteiger partial charge in [0, 0.05) is 16.3 Å². The fourth-order valence-corrected chi connectivity index (χ4v) is 2.43. The van der Waals surface area contributed by atoms with Gasteiger partial charge in [0.05, 0.1) is 5.69 Å². The van der Waals surface area contributed by atoms with E-state index in [0.717, 1.165) is 26.2 Å². The number of thiazole rings is 1. The predicted octanol–water partition coefficient (Wildman–Crippen LogP) is 4.22. The van der Waals surface area contributed by atoms with E-state index >= 15 is 0 Å². The number of nitrogens with one attached hydrogen (secondary N) is 1. The number of aromatic nitrogens is 1. The number of aromatic amines is 1. The summed E-state index contributed by atoms with van der Waals surface area (Å²) in [6.45, 7) is 0. The molecule has 1 N–H and O–H groups in total. The quantitative estimate of drug-likeness (QED) is 0.637. The van der Waals surface area contributed by atoms with Crippen LogP contribution in [-0.2, 0) is 0 Å². The van der Waals surface area contributed by atoms with Crippen molar-refractivity contribution >= 4 is 34.5 Å². The minimum Gasteiger partial charge on any atom is -0.464 e. The number of hydrogen-bond donors (Lipinski definition) is 1. The molecule has 0 saturated heterocycles. The lowest BCUT2D eigenvalue weighted by Crippen LogP contribution is -1.73. The summed E-state index contributed by atoms with van der Waals surface area (Å²) in [4.78, 5) is 3.14. The van der Waals surface area contributed by atoms with Gasteiger partial charge in [-0.25, -0.2) is 0 Å². The predicted molar refractivity (Wildman–Crippen MR) is 64.7 cm³/mol. The van der Waals surface area contributed by atoms with Crippen LogP contribution in [0.3, 0.4) is 0 Å². The maximum Gasteiger partial charge on any atom is 0.158 e. The molecule has 0 saturated carbocycles. The first kappa shape index (κ1) is 8.88. The summed E-state index contributed by atoms with van der Waals surface area (Å²) in [6, 6.07) is 7.97. The van der Waals surface area contributed by atoms with Crippen LogP contribution < -0.4 is 0 Å². The lowest BCUT2D eigenvalue weighted by Gasteiger charge is -1.91. The highest BCUT2D eigenvalue weighted by atomic mass is 32.1. The number of para-hydroxylation sites is 1. The standard InChI is InChI=1S/C11H7NOS2/c14-11-12-9(6-15-11)8-5-13-10-4-2-1-3-7(8)10/h1-6H,(H,12,14). The van der Waals surface area contributed by atoms with Crippen molar-refractivity contribution in [3.63, 3.8) is 0 Å². The zero-order valence-corrected chi connectivity index (χ0v) is 9.32. The topological polar surface area (TPSA) is 28.9 Å². The van der Waals surface area contributed by atoms with E-state index in [2.05, 4.69) is 4.98 Å². The summed E-state index contributed by atoms with van der Waals surface area (Å²) in [5, 5.41) is 3.13. The van der Waals surface area contributed by atoms with Crippen molar-refractivity contribution in [2.75, 3.05) is 0 Å². The maximum atomic E-state index is 5.46. The summed E-state index contributed by atoms with van der Waals surface area (Å²) in [7, 11) is 0. The zero-order valence-electron chi connectivity index (χ0n) is 7.69. The number of fused-ring (bicyclic) bond motifs is 1. The molecule has 0 unspecified atom stereocenters. The van der Waals surface area contributed by atoms with E-state index in [1.54, 1.807) is 6.26 Å². The Labute approximate surface area is 95.2 Å². The number of hydrogen-bond acceptors (Lipinski definition) is 3. The van der Waals surface area contributed by atoms with Crippen LogP contribution in [-0.4, -0.2) is 4.98 Å². The van der Waals surface area contributed by atoms with Crippen molar-refractivity contribution in [3.05, 3.63) is 39.9 Å². The summed E-state index contributed by atoms with van der Waals surface area (Å²) >= 11 is 6.59. The van der Waals surface area contributed by atoms with Crippen LogP contribution in [0.1, 0.15) is 0 Å². The summed E-state index contributed by atoms with van der Waals surface area (Å²) in [5.74, 6) is 0. The lowest BCUT2D eigenvalue weighted by atomic mass is 10.1. The molecule has 0 radical (unpaired) electrons. The second kappa shape index (κ2) is 3.32. The molecule has 2 nitrogen and oxygen atoms in total. The van der Waals surface area contributed by atoms with E-state index in [1.165, 1.54) is 11.3 Å². The van der Waals surface area contributed by atoms with Crippen LogP contribution in [0.25, 0.3) is 22.2 Å². The van der Waals surface area contributed by atoms with E-state index in [-0.39, 0.29) is 0 Å². The first-order valence-electron chi connectivity index (χ1n) is 4.49. The van der Waals surface area contributed by atoms with Crippen LogP contribution in [0.5, 0.6) is 0 Å². The molecule has 2 heterocycles. The molecule has 0 amide bonds. The fourth-order valence-electron chi connectivity index (χ4n) is 1.60. The molecule has 0 aliphatic heterocycles. The molecule has 0 spiro atoms. The van der Waals surface area contributed by atoms with E-state index in [0.29, 0.717) is 0 Å². The maximum absolute atomic E-state index is 5.46. The molecule has 4 heteroatoms. The Kier molecular flexibility index (Phi) is 1.97. The van der Waals surface area contributed by atoms with Crippen molar-refractivity contribution in [2.45, 2.75) is 0 Å². The Balaban J connectivity index is 2.32. The lowest BCUT2D eigenvalue weighted by molar-refractivity contribution is 0.617. The molecular weight excluding hydrogens is 226 g/mol. The Bertz CT molecular complexity index is 662. The fraction of sp³-hybridized carbons (Fsp3) is 0. The average molecular weight is 233 g/mol. The van der Waals surface area contributed by atoms with Crippen molar-refractivity contribution in [2.24, 2.45) is 0 Å². The monoisotopic (exact) mass is 233 g/mol. The molecule has 15 heavy (non-hydrogen) atoms. The molecule has 0 aliphatic carbocycles. The molecule has 1 aromatic carbocycles. The highest BCUT2D eigenvalue weighted by molar-refractivity contribution is 7.73. The van der Waals surface area contributed by atoms with Gasteiger partial charge in [-0.3, -0.25) is 0 Å². The van der Waals surface area contributed by atoms with E-state index in [9.17, 15) is 0 Å². The van der Waals surface area contributed by atoms with Gasteiger partial charge in [-0.1, -0.05) is 18.2 Å². The molecule has 74 valence electrons. The van der Waals surface area contributed by atoms with Crippen molar-refractivity contribution in [1.29, 1.82) is 0 Å². The largest absolute Gasteiger partial charge is 0.464 e. The van der Waals surface area contributed by atoms with Gasteiger partial charge in [0.15, 0.2) is 3.95 Å². The summed E-state index contributed by atoms with van der Waals surface area (Å²) in [6.07, 6.45) is 1.76. The number of H-pyrrole nitrogens is 1. The van der Waals surface area contributed by atoms with Gasteiger partial charge in [-0.2, -0.15) is 0 Å². The second-order valence-corrected chi connectivity index (χ2v) is 4.75. The van der Waals surface area contributed by atoms with Gasteiger partial charge in [0.1, 0.15) is 11.8 Å². The normalized spacial score (nSPS) is 10.9. The minimum atomic E-state index is 0.787. The third kappa shape index (κ3) is 1.42. The average Bonchev–Trinajstić information content (AvgIpc) is 2.83. The van der Waals surface area contributed by atoms with Crippen LogP contribution in [0.2, 0.25) is 0 Å². The van der Waals surface area contributed by atoms with E-state index in [1.807, 2.05) is 29.6 Å². The summed E-state index contributed by atoms with van der Waals surface area (Å²) < 4.78 is 6.25. The molecule has 0 atom stereocenters. The number of furan rings is 1. The van der Waals surface area contributed by atoms with Gasteiger partial charge in [0.25, 0.3) is 0 Å². The van der Waals surface area contributed by atoms with Gasteiger partial charge in [-0.15, -0.1) is 11.3 Å². The molecule has 3 aromatic rings. The van der Waals surface area contributed by atoms with E-state index < -0.39 is 0 Å². The van der Waals surface area contributed by atoms with Gasteiger partial charge >= 0.3 is 0 Å². The molecule has 0 bridgehead atoms. The first-order valence-corrected chi connectivity index (χ1v) is 5.78. The van der Waals surface area contributed by atoms with Crippen LogP contribution in [0.4, 0.5) is 0 Å². The third-order valence-corrected chi connectivity index (χ3v) is 3.35. The van der Waals surface area contributed by atoms with Crippen molar-refractivity contribution < 1.29 is 4.42 Å². The molecule has 2 aromatic heterocycles. The number of benzene rings is 1. The summed E-state index contributed by atoms with van der Waals surface area (Å²) in [5.41, 5.74) is 2.99. The van der Waals surface area contributed by atoms with Gasteiger partial charge < -0.3 is 9.40 Å². The highest BCUT2D eigenvalue weighted by Gasteiger charge is 2.07. The molecule has 3 rings (SSSR count). The minimum absolute atomic E-state index is 0.787. The Hall–Kier alpha value is -1.39. The Morgan fingerprint density at radius 3 is 2.93 bits per heavy atom. The Morgan fingerprint density at radius 2 is 2.13 bits per heavy atom. The molecule has 0 fully saturated rings. The van der Waals surface area contributed by atoms with Crippen molar-refractivity contribution in [3.8, 4) is 11.3 Å². The van der Waals surface area contributed by atoms with Gasteiger partial charge in [-0.05, 0) is 18.3 Å². The van der Waals surface area contributed by atoms with Gasteiger partial charge in [0.2, 0.25) is 0 Å². The van der Waals surface area contributed by atoms with Crippen molar-refractivity contribution in [1.82, 2.24) is 4.98 Å². The highest BCUT2D eigenvalue weighted by Crippen LogP contribution is 2.30. The third-order valence-electron chi connectivity index (χ3n) is 2.29. The zero-order chi connectivity index (χ0) is 10.3. The first-order chi connectivity index (χ1) is 7.34. The van der Waals surface area contributed by atoms with Crippen LogP contribution >= 0.6 is 23.6 Å². The van der Waals surface area contributed by atoms with Crippen LogP contribution in [0, 0.1) is 3.95 Å². The number of rotatable bonds is 1. The molecule has 0 aliphatic rings. The molecular formula is C11H7NOS2. The second-order valence-electron chi connectivity index (χ2n) is 3.21.